The average molecular weight is 553 g/mol. The maximum atomic E-state index is 12.7. The first-order chi connectivity index (χ1) is 19.1. The van der Waals surface area contributed by atoms with E-state index in [2.05, 4.69) is 36.6 Å². The monoisotopic (exact) mass is 552 g/mol. The molecule has 1 aliphatic heterocycles. The van der Waals surface area contributed by atoms with Crippen molar-refractivity contribution >= 4 is 12.4 Å². The van der Waals surface area contributed by atoms with Crippen molar-refractivity contribution in [2.75, 3.05) is 40.3 Å². The zero-order chi connectivity index (χ0) is 28.4. The number of hydrogen-bond acceptors (Lipinski definition) is 4. The molecule has 39 heavy (non-hydrogen) atoms. The van der Waals surface area contributed by atoms with E-state index in [0.29, 0.717) is 13.2 Å². The van der Waals surface area contributed by atoms with Gasteiger partial charge in [0, 0.05) is 19.1 Å². The third-order valence-electron chi connectivity index (χ3n) is 8.04. The van der Waals surface area contributed by atoms with E-state index in [-0.39, 0.29) is 18.3 Å². The van der Waals surface area contributed by atoms with E-state index in [1.54, 1.807) is 0 Å². The molecule has 3 amide bonds. The molecule has 0 radical (unpaired) electrons. The Hall–Kier alpha value is -1.34. The highest BCUT2D eigenvalue weighted by atomic mass is 16.5. The summed E-state index contributed by atoms with van der Waals surface area (Å²) in [7, 11) is 4.10. The summed E-state index contributed by atoms with van der Waals surface area (Å²) in [5.74, 6) is 0. The molecule has 1 saturated heterocycles. The summed E-state index contributed by atoms with van der Waals surface area (Å²) < 4.78 is 6.05. The Bertz CT molecular complexity index is 576. The van der Waals surface area contributed by atoms with Gasteiger partial charge in [0.15, 0.2) is 0 Å². The molecule has 230 valence electrons. The maximum absolute atomic E-state index is 12.7. The predicted octanol–water partition coefficient (Wildman–Crippen LogP) is 7.24. The van der Waals surface area contributed by atoms with Gasteiger partial charge in [-0.25, -0.2) is 4.79 Å². The van der Waals surface area contributed by atoms with Crippen LogP contribution >= 0.6 is 0 Å². The van der Waals surface area contributed by atoms with Crippen LogP contribution in [0, 0.1) is 0 Å². The molecule has 0 bridgehead atoms. The highest BCUT2D eigenvalue weighted by Crippen LogP contribution is 2.20. The lowest BCUT2D eigenvalue weighted by Crippen LogP contribution is -2.49. The first-order valence-electron chi connectivity index (χ1n) is 16.6. The topological polar surface area (TPSA) is 73.9 Å². The molecule has 2 unspecified atom stereocenters. The zero-order valence-electron chi connectivity index (χ0n) is 26.0. The minimum Gasteiger partial charge on any atom is -0.358 e. The van der Waals surface area contributed by atoms with Crippen molar-refractivity contribution in [1.82, 2.24) is 20.4 Å². The first kappa shape index (κ1) is 35.7. The van der Waals surface area contributed by atoms with Crippen LogP contribution in [0.1, 0.15) is 142 Å². The minimum atomic E-state index is -0.221. The SMILES string of the molecule is CCCCCCCCCCCCCCCCCC(NC=O)OCCC1CCCCN1C(=O)NCCCN(C)C. The Labute approximate surface area is 241 Å². The Morgan fingerprint density at radius 2 is 1.49 bits per heavy atom. The van der Waals surface area contributed by atoms with Gasteiger partial charge in [-0.2, -0.15) is 0 Å². The summed E-state index contributed by atoms with van der Waals surface area (Å²) in [4.78, 5) is 28.0. The van der Waals surface area contributed by atoms with Crippen LogP contribution in [-0.2, 0) is 9.53 Å². The summed E-state index contributed by atoms with van der Waals surface area (Å²) in [6.45, 7) is 5.35. The molecule has 1 aliphatic rings. The molecular weight excluding hydrogens is 488 g/mol. The summed E-state index contributed by atoms with van der Waals surface area (Å²) >= 11 is 0. The summed E-state index contributed by atoms with van der Waals surface area (Å²) in [6.07, 6.45) is 26.7. The number of unbranched alkanes of at least 4 members (excludes halogenated alkanes) is 14. The van der Waals surface area contributed by atoms with Crippen LogP contribution in [0.3, 0.4) is 0 Å². The fourth-order valence-electron chi connectivity index (χ4n) is 5.60. The molecule has 0 spiro atoms. The standard InChI is InChI=1S/C32H64N4O3/c1-4-5-6-7-8-9-10-11-12-13-14-15-16-17-18-23-31(34-29-37)39-28-24-30-22-19-20-27-36(30)32(38)33-25-21-26-35(2)3/h29-31H,4-28H2,1-3H3,(H,33,38)(H,34,37). The predicted molar refractivity (Wildman–Crippen MR) is 164 cm³/mol. The third-order valence-corrected chi connectivity index (χ3v) is 8.04. The fourth-order valence-corrected chi connectivity index (χ4v) is 5.60. The fraction of sp³-hybridized carbons (Fsp3) is 0.938. The van der Waals surface area contributed by atoms with Crippen molar-refractivity contribution in [3.63, 3.8) is 0 Å². The molecule has 7 nitrogen and oxygen atoms in total. The second-order valence-corrected chi connectivity index (χ2v) is 11.9. The van der Waals surface area contributed by atoms with Crippen molar-refractivity contribution in [1.29, 1.82) is 0 Å². The largest absolute Gasteiger partial charge is 0.358 e. The van der Waals surface area contributed by atoms with Crippen molar-refractivity contribution in [2.24, 2.45) is 0 Å². The average Bonchev–Trinajstić information content (AvgIpc) is 2.93. The number of amides is 3. The molecule has 7 heteroatoms. The molecule has 0 aromatic heterocycles. The van der Waals surface area contributed by atoms with Gasteiger partial charge in [-0.3, -0.25) is 4.79 Å². The van der Waals surface area contributed by atoms with Crippen LogP contribution in [0.15, 0.2) is 0 Å². The molecule has 2 atom stereocenters. The molecule has 2 N–H and O–H groups in total. The lowest BCUT2D eigenvalue weighted by molar-refractivity contribution is -0.114. The quantitative estimate of drug-likeness (QED) is 0.0674. The highest BCUT2D eigenvalue weighted by Gasteiger charge is 2.26. The van der Waals surface area contributed by atoms with Gasteiger partial charge in [0.25, 0.3) is 0 Å². The molecule has 1 heterocycles. The lowest BCUT2D eigenvalue weighted by atomic mass is 10.00. The third kappa shape index (κ3) is 20.2. The smallest absolute Gasteiger partial charge is 0.317 e. The highest BCUT2D eigenvalue weighted by molar-refractivity contribution is 5.74. The Balaban J connectivity index is 2.09. The van der Waals surface area contributed by atoms with Crippen LogP contribution in [0.4, 0.5) is 4.79 Å². The second kappa shape index (κ2) is 25.6. The maximum Gasteiger partial charge on any atom is 0.317 e. The van der Waals surface area contributed by atoms with Crippen molar-refractivity contribution in [2.45, 2.75) is 154 Å². The second-order valence-electron chi connectivity index (χ2n) is 11.9. The van der Waals surface area contributed by atoms with Crippen molar-refractivity contribution in [3.8, 4) is 0 Å². The van der Waals surface area contributed by atoms with Gasteiger partial charge in [-0.1, -0.05) is 96.8 Å². The minimum absolute atomic E-state index is 0.0545. The molecular formula is C32H64N4O3. The van der Waals surface area contributed by atoms with Crippen molar-refractivity contribution in [3.05, 3.63) is 0 Å². The Kier molecular flexibility index (Phi) is 23.4. The van der Waals surface area contributed by atoms with Gasteiger partial charge in [0.2, 0.25) is 6.41 Å². The normalized spacial score (nSPS) is 16.4. The number of urea groups is 1. The molecule has 0 saturated carbocycles. The molecule has 0 aromatic carbocycles. The number of hydrogen-bond donors (Lipinski definition) is 2. The van der Waals surface area contributed by atoms with Gasteiger partial charge in [-0.05, 0) is 65.6 Å². The number of ether oxygens (including phenoxy) is 1. The van der Waals surface area contributed by atoms with E-state index >= 15 is 0 Å². The van der Waals surface area contributed by atoms with Gasteiger partial charge >= 0.3 is 6.03 Å². The summed E-state index contributed by atoms with van der Waals surface area (Å²) in [5.41, 5.74) is 0. The van der Waals surface area contributed by atoms with Crippen LogP contribution in [0.2, 0.25) is 0 Å². The van der Waals surface area contributed by atoms with E-state index < -0.39 is 0 Å². The molecule has 0 aromatic rings. The van der Waals surface area contributed by atoms with Crippen LogP contribution in [0.25, 0.3) is 0 Å². The Morgan fingerprint density at radius 1 is 0.897 bits per heavy atom. The molecule has 0 aliphatic carbocycles. The summed E-state index contributed by atoms with van der Waals surface area (Å²) in [6, 6.07) is 0.272. The van der Waals surface area contributed by atoms with Gasteiger partial charge < -0.3 is 25.2 Å². The van der Waals surface area contributed by atoms with Crippen LogP contribution < -0.4 is 10.6 Å². The van der Waals surface area contributed by atoms with Crippen molar-refractivity contribution < 1.29 is 14.3 Å². The summed E-state index contributed by atoms with van der Waals surface area (Å²) in [5, 5.41) is 5.94. The number of likely N-dealkylation sites (tertiary alicyclic amines) is 1. The Morgan fingerprint density at radius 3 is 2.05 bits per heavy atom. The van der Waals surface area contributed by atoms with E-state index in [4.69, 9.17) is 4.74 Å². The van der Waals surface area contributed by atoms with Gasteiger partial charge in [0.05, 0.1) is 6.61 Å². The molecule has 1 rings (SSSR count). The van der Waals surface area contributed by atoms with E-state index in [9.17, 15) is 9.59 Å². The molecule has 1 fully saturated rings. The first-order valence-corrected chi connectivity index (χ1v) is 16.6. The number of nitrogens with zero attached hydrogens (tertiary/aromatic N) is 2. The number of carbonyl (C=O) groups is 2. The van der Waals surface area contributed by atoms with E-state index in [1.165, 1.54) is 89.9 Å². The number of rotatable bonds is 26. The number of piperidine rings is 1. The lowest BCUT2D eigenvalue weighted by Gasteiger charge is -2.36. The zero-order valence-corrected chi connectivity index (χ0v) is 26.0. The number of carbonyl (C=O) groups excluding carboxylic acids is 2. The van der Waals surface area contributed by atoms with Gasteiger partial charge in [0.1, 0.15) is 6.23 Å². The van der Waals surface area contributed by atoms with E-state index in [0.717, 1.165) is 64.4 Å². The van der Waals surface area contributed by atoms with E-state index in [1.807, 2.05) is 4.90 Å². The van der Waals surface area contributed by atoms with Crippen LogP contribution in [-0.4, -0.2) is 74.8 Å². The number of nitrogens with one attached hydrogen (secondary N) is 2. The van der Waals surface area contributed by atoms with Gasteiger partial charge in [-0.15, -0.1) is 0 Å². The van der Waals surface area contributed by atoms with Crippen LogP contribution in [0.5, 0.6) is 0 Å².